The average Bonchev–Trinajstić information content (AvgIpc) is 2.58. The molecule has 1 saturated heterocycles. The van der Waals surface area contributed by atoms with Crippen molar-refractivity contribution in [3.8, 4) is 0 Å². The normalized spacial score (nSPS) is 21.2. The molecule has 3 nitrogen and oxygen atoms in total. The van der Waals surface area contributed by atoms with E-state index in [-0.39, 0.29) is 6.04 Å². The van der Waals surface area contributed by atoms with Crippen LogP contribution in [0.1, 0.15) is 23.6 Å². The number of hydrogen-bond acceptors (Lipinski definition) is 3. The second-order valence-electron chi connectivity index (χ2n) is 4.22. The molecule has 0 bridgehead atoms. The number of ether oxygens (including phenoxy) is 2. The summed E-state index contributed by atoms with van der Waals surface area (Å²) in [5.74, 6) is 0. The van der Waals surface area contributed by atoms with E-state index in [0.29, 0.717) is 13.2 Å². The molecule has 0 amide bonds. The van der Waals surface area contributed by atoms with Gasteiger partial charge in [0, 0.05) is 18.7 Å². The van der Waals surface area contributed by atoms with E-state index in [2.05, 4.69) is 17.4 Å². The van der Waals surface area contributed by atoms with Crippen molar-refractivity contribution < 1.29 is 9.47 Å². The Morgan fingerprint density at radius 1 is 1.53 bits per heavy atom. The van der Waals surface area contributed by atoms with Crippen LogP contribution in [0, 0.1) is 0 Å². The quantitative estimate of drug-likeness (QED) is 0.901. The minimum Gasteiger partial charge on any atom is -0.380 e. The third-order valence-corrected chi connectivity index (χ3v) is 3.22. The summed E-state index contributed by atoms with van der Waals surface area (Å²) in [6.07, 6.45) is 1.05. The average molecular weight is 256 g/mol. The van der Waals surface area contributed by atoms with Gasteiger partial charge in [-0.3, -0.25) is 0 Å². The standard InChI is InChI=1S/C13H18ClNO2/c1-16-8-10-3-4-11(12(14)7-10)13-9-17-6-2-5-15-13/h3-4,7,13,15H,2,5-6,8-9H2,1H3/t13-/m0/s1. The fourth-order valence-electron chi connectivity index (χ4n) is 2.02. The lowest BCUT2D eigenvalue weighted by Crippen LogP contribution is -2.23. The molecule has 1 aliphatic heterocycles. The maximum absolute atomic E-state index is 6.30. The first kappa shape index (κ1) is 12.8. The number of benzene rings is 1. The van der Waals surface area contributed by atoms with E-state index in [1.807, 2.05) is 6.07 Å². The molecule has 1 aromatic carbocycles. The predicted octanol–water partition coefficient (Wildman–Crippen LogP) is 2.54. The van der Waals surface area contributed by atoms with E-state index in [9.17, 15) is 0 Å². The van der Waals surface area contributed by atoms with Crippen LogP contribution in [0.4, 0.5) is 0 Å². The van der Waals surface area contributed by atoms with Gasteiger partial charge in [0.25, 0.3) is 0 Å². The lowest BCUT2D eigenvalue weighted by Gasteiger charge is -2.17. The maximum atomic E-state index is 6.30. The zero-order chi connectivity index (χ0) is 12.1. The molecule has 1 heterocycles. The van der Waals surface area contributed by atoms with Crippen molar-refractivity contribution >= 4 is 11.6 Å². The Kier molecular flexibility index (Phi) is 4.80. The summed E-state index contributed by atoms with van der Waals surface area (Å²) in [6.45, 7) is 3.07. The summed E-state index contributed by atoms with van der Waals surface area (Å²) < 4.78 is 10.6. The van der Waals surface area contributed by atoms with Crippen molar-refractivity contribution in [2.45, 2.75) is 19.1 Å². The van der Waals surface area contributed by atoms with Crippen molar-refractivity contribution in [3.05, 3.63) is 34.3 Å². The zero-order valence-corrected chi connectivity index (χ0v) is 10.8. The van der Waals surface area contributed by atoms with Gasteiger partial charge >= 0.3 is 0 Å². The number of halogens is 1. The SMILES string of the molecule is COCc1ccc([C@@H]2COCCCN2)c(Cl)c1. The summed E-state index contributed by atoms with van der Waals surface area (Å²) in [5.41, 5.74) is 2.20. The molecule has 17 heavy (non-hydrogen) atoms. The van der Waals surface area contributed by atoms with Gasteiger partial charge in [0.1, 0.15) is 0 Å². The molecule has 94 valence electrons. The van der Waals surface area contributed by atoms with Crippen LogP contribution in [-0.4, -0.2) is 26.9 Å². The molecule has 2 rings (SSSR count). The van der Waals surface area contributed by atoms with Gasteiger partial charge in [0.2, 0.25) is 0 Å². The molecular weight excluding hydrogens is 238 g/mol. The maximum Gasteiger partial charge on any atom is 0.0713 e. The van der Waals surface area contributed by atoms with Crippen LogP contribution in [-0.2, 0) is 16.1 Å². The molecule has 1 N–H and O–H groups in total. The lowest BCUT2D eigenvalue weighted by atomic mass is 10.1. The Balaban J connectivity index is 2.14. The highest BCUT2D eigenvalue weighted by Gasteiger charge is 2.16. The van der Waals surface area contributed by atoms with E-state index < -0.39 is 0 Å². The van der Waals surface area contributed by atoms with Gasteiger partial charge in [-0.15, -0.1) is 0 Å². The molecule has 1 fully saturated rings. The van der Waals surface area contributed by atoms with Crippen molar-refractivity contribution in [1.29, 1.82) is 0 Å². The Morgan fingerprint density at radius 2 is 2.41 bits per heavy atom. The molecule has 0 saturated carbocycles. The predicted molar refractivity (Wildman–Crippen MR) is 68.3 cm³/mol. The monoisotopic (exact) mass is 255 g/mol. The lowest BCUT2D eigenvalue weighted by molar-refractivity contribution is 0.131. The van der Waals surface area contributed by atoms with Gasteiger partial charge in [-0.2, -0.15) is 0 Å². The summed E-state index contributed by atoms with van der Waals surface area (Å²) in [4.78, 5) is 0. The summed E-state index contributed by atoms with van der Waals surface area (Å²) in [6, 6.07) is 6.27. The number of hydrogen-bond donors (Lipinski definition) is 1. The van der Waals surface area contributed by atoms with Crippen LogP contribution in [0.2, 0.25) is 5.02 Å². The second kappa shape index (κ2) is 6.36. The highest BCUT2D eigenvalue weighted by atomic mass is 35.5. The first-order valence-corrected chi connectivity index (χ1v) is 6.27. The highest BCUT2D eigenvalue weighted by Crippen LogP contribution is 2.25. The van der Waals surface area contributed by atoms with E-state index in [4.69, 9.17) is 21.1 Å². The van der Waals surface area contributed by atoms with Gasteiger partial charge < -0.3 is 14.8 Å². The van der Waals surface area contributed by atoms with E-state index in [1.165, 1.54) is 0 Å². The summed E-state index contributed by atoms with van der Waals surface area (Å²) >= 11 is 6.30. The Labute approximate surface area is 107 Å². The molecule has 0 radical (unpaired) electrons. The van der Waals surface area contributed by atoms with Crippen LogP contribution in [0.5, 0.6) is 0 Å². The third-order valence-electron chi connectivity index (χ3n) is 2.89. The first-order valence-electron chi connectivity index (χ1n) is 5.89. The first-order chi connectivity index (χ1) is 8.31. The van der Waals surface area contributed by atoms with Crippen LogP contribution >= 0.6 is 11.6 Å². The Bertz CT molecular complexity index is 362. The fourth-order valence-corrected chi connectivity index (χ4v) is 2.35. The zero-order valence-electron chi connectivity index (χ0n) is 10.0. The molecule has 0 unspecified atom stereocenters. The van der Waals surface area contributed by atoms with Crippen molar-refractivity contribution in [2.75, 3.05) is 26.9 Å². The summed E-state index contributed by atoms with van der Waals surface area (Å²) in [5, 5.41) is 4.23. The topological polar surface area (TPSA) is 30.5 Å². The van der Waals surface area contributed by atoms with E-state index in [0.717, 1.165) is 35.7 Å². The van der Waals surface area contributed by atoms with Crippen LogP contribution < -0.4 is 5.32 Å². The van der Waals surface area contributed by atoms with Crippen LogP contribution in [0.15, 0.2) is 18.2 Å². The van der Waals surface area contributed by atoms with Gasteiger partial charge in [0.15, 0.2) is 0 Å². The molecule has 0 aromatic heterocycles. The van der Waals surface area contributed by atoms with Gasteiger partial charge in [-0.05, 0) is 30.2 Å². The molecule has 1 atom stereocenters. The Hall–Kier alpha value is -0.610. The largest absolute Gasteiger partial charge is 0.380 e. The molecule has 4 heteroatoms. The van der Waals surface area contributed by atoms with Crippen molar-refractivity contribution in [3.63, 3.8) is 0 Å². The molecular formula is C13H18ClNO2. The van der Waals surface area contributed by atoms with Crippen LogP contribution in [0.25, 0.3) is 0 Å². The minimum atomic E-state index is 0.196. The van der Waals surface area contributed by atoms with Gasteiger partial charge in [-0.1, -0.05) is 23.7 Å². The van der Waals surface area contributed by atoms with Crippen molar-refractivity contribution in [1.82, 2.24) is 5.32 Å². The highest BCUT2D eigenvalue weighted by molar-refractivity contribution is 6.31. The van der Waals surface area contributed by atoms with Gasteiger partial charge in [0.05, 0.1) is 19.3 Å². The smallest absolute Gasteiger partial charge is 0.0713 e. The van der Waals surface area contributed by atoms with Crippen molar-refractivity contribution in [2.24, 2.45) is 0 Å². The van der Waals surface area contributed by atoms with E-state index in [1.54, 1.807) is 7.11 Å². The minimum absolute atomic E-state index is 0.196. The number of rotatable bonds is 3. The molecule has 1 aliphatic rings. The third kappa shape index (κ3) is 3.42. The Morgan fingerprint density at radius 3 is 3.18 bits per heavy atom. The van der Waals surface area contributed by atoms with E-state index >= 15 is 0 Å². The number of methoxy groups -OCH3 is 1. The summed E-state index contributed by atoms with van der Waals surface area (Å²) in [7, 11) is 1.68. The molecule has 0 spiro atoms. The molecule has 0 aliphatic carbocycles. The van der Waals surface area contributed by atoms with Crippen LogP contribution in [0.3, 0.4) is 0 Å². The number of nitrogens with one attached hydrogen (secondary N) is 1. The second-order valence-corrected chi connectivity index (χ2v) is 4.63. The van der Waals surface area contributed by atoms with Gasteiger partial charge in [-0.25, -0.2) is 0 Å². The molecule has 1 aromatic rings. The fraction of sp³-hybridized carbons (Fsp3) is 0.538.